The second-order valence-electron chi connectivity index (χ2n) is 17.3. The van der Waals surface area contributed by atoms with E-state index in [1.54, 1.807) is 0 Å². The van der Waals surface area contributed by atoms with Crippen molar-refractivity contribution in [3.8, 4) is 23.0 Å². The van der Waals surface area contributed by atoms with Crippen LogP contribution >= 0.6 is 0 Å². The van der Waals surface area contributed by atoms with Crippen molar-refractivity contribution >= 4 is 97.4 Å². The van der Waals surface area contributed by atoms with E-state index < -0.39 is 0 Å². The van der Waals surface area contributed by atoms with Gasteiger partial charge in [-0.2, -0.15) is 0 Å². The zero-order valence-corrected chi connectivity index (χ0v) is 33.0. The zero-order valence-electron chi connectivity index (χ0n) is 33.0. The molecule has 0 radical (unpaired) electrons. The van der Waals surface area contributed by atoms with Crippen LogP contribution < -0.4 is 57.0 Å². The minimum absolute atomic E-state index is 0.119. The average Bonchev–Trinajstić information content (AvgIpc) is 3.26. The Morgan fingerprint density at radius 2 is 0.746 bits per heavy atom. The summed E-state index contributed by atoms with van der Waals surface area (Å²) in [7, 11) is 0. The highest BCUT2D eigenvalue weighted by Gasteiger charge is 2.50. The molecule has 0 fully saturated rings. The fraction of sp³-hybridized carbons (Fsp3) is 0.0769. The number of hydrogen-bond donors (Lipinski definition) is 0. The summed E-state index contributed by atoms with van der Waals surface area (Å²) in [5.74, 6) is 3.38. The summed E-state index contributed by atoms with van der Waals surface area (Å²) in [6, 6.07) is 61.8. The monoisotopic (exact) mass is 757 g/mol. The van der Waals surface area contributed by atoms with E-state index in [9.17, 15) is 0 Å². The van der Waals surface area contributed by atoms with Crippen molar-refractivity contribution in [3.63, 3.8) is 0 Å². The van der Waals surface area contributed by atoms with Crippen LogP contribution in [-0.4, -0.2) is 13.4 Å². The minimum Gasteiger partial charge on any atom is -0.458 e. The Morgan fingerprint density at radius 1 is 0.356 bits per heavy atom. The normalized spacial score (nSPS) is 14.5. The molecular formula is C52H37B2N3O2. The topological polar surface area (TPSA) is 28.2 Å². The van der Waals surface area contributed by atoms with Crippen molar-refractivity contribution in [2.45, 2.75) is 26.2 Å². The highest BCUT2D eigenvalue weighted by atomic mass is 16.5. The number of anilines is 9. The standard InChI is InChI=1S/C52H37B2N3O2/c1-52(2,3)32-28-42-48-43(29-32)57(35-20-11-6-12-21-35)41-31-40-37-30-36(41)53(48)49-39(56(42)34-18-9-5-10-19-34)23-14-24-44(49)58-46-26-15-27-47-51(46)54(37)50-38(22-13-25-45(50)59-47)55(40)33-16-7-4-8-17-33/h4-31H,1-3H3. The number of hydrogen-bond acceptors (Lipinski definition) is 5. The maximum absolute atomic E-state index is 7.40. The molecule has 0 N–H and O–H groups in total. The van der Waals surface area contributed by atoms with Gasteiger partial charge in [-0.25, -0.2) is 0 Å². The van der Waals surface area contributed by atoms with Crippen LogP contribution in [0.1, 0.15) is 26.3 Å². The average molecular weight is 758 g/mol. The fourth-order valence-electron chi connectivity index (χ4n) is 10.5. The lowest BCUT2D eigenvalue weighted by atomic mass is 9.30. The predicted molar refractivity (Wildman–Crippen MR) is 245 cm³/mol. The van der Waals surface area contributed by atoms with E-state index in [1.165, 1.54) is 39.0 Å². The molecule has 0 saturated carbocycles. The van der Waals surface area contributed by atoms with Gasteiger partial charge in [-0.05, 0) is 129 Å². The van der Waals surface area contributed by atoms with Crippen LogP contribution in [0.4, 0.5) is 51.2 Å². The lowest BCUT2D eigenvalue weighted by molar-refractivity contribution is 0.468. The predicted octanol–water partition coefficient (Wildman–Crippen LogP) is 9.58. The molecule has 59 heavy (non-hydrogen) atoms. The maximum atomic E-state index is 7.40. The number of rotatable bonds is 3. The van der Waals surface area contributed by atoms with E-state index in [-0.39, 0.29) is 18.8 Å². The molecule has 278 valence electrons. The molecule has 5 aliphatic rings. The number of benzene rings is 8. The van der Waals surface area contributed by atoms with Gasteiger partial charge >= 0.3 is 0 Å². The molecule has 8 aromatic rings. The first-order valence-corrected chi connectivity index (χ1v) is 20.6. The molecule has 5 nitrogen and oxygen atoms in total. The minimum atomic E-state index is -0.121. The van der Waals surface area contributed by atoms with Crippen LogP contribution in [0.5, 0.6) is 23.0 Å². The Hall–Kier alpha value is -7.11. The second-order valence-corrected chi connectivity index (χ2v) is 17.3. The molecule has 0 saturated heterocycles. The number of ether oxygens (including phenoxy) is 2. The van der Waals surface area contributed by atoms with Gasteiger partial charge in [0.25, 0.3) is 13.4 Å². The first-order chi connectivity index (χ1) is 28.9. The smallest absolute Gasteiger partial charge is 0.261 e. The van der Waals surface area contributed by atoms with E-state index in [0.29, 0.717) is 0 Å². The third-order valence-corrected chi connectivity index (χ3v) is 13.0. The Kier molecular flexibility index (Phi) is 6.55. The van der Waals surface area contributed by atoms with Crippen molar-refractivity contribution in [3.05, 3.63) is 175 Å². The summed E-state index contributed by atoms with van der Waals surface area (Å²) in [5, 5.41) is 0. The molecular weight excluding hydrogens is 720 g/mol. The molecule has 5 heterocycles. The van der Waals surface area contributed by atoms with Crippen LogP contribution in [0.3, 0.4) is 0 Å². The van der Waals surface area contributed by atoms with Gasteiger partial charge in [0, 0.05) is 56.6 Å². The highest BCUT2D eigenvalue weighted by Crippen LogP contribution is 2.50. The van der Waals surface area contributed by atoms with Crippen molar-refractivity contribution in [1.29, 1.82) is 0 Å². The molecule has 13 rings (SSSR count). The van der Waals surface area contributed by atoms with Crippen LogP contribution in [0.2, 0.25) is 0 Å². The van der Waals surface area contributed by atoms with Crippen molar-refractivity contribution in [1.82, 2.24) is 0 Å². The van der Waals surface area contributed by atoms with Gasteiger partial charge in [0.15, 0.2) is 0 Å². The van der Waals surface area contributed by atoms with Gasteiger partial charge in [0.1, 0.15) is 23.0 Å². The summed E-state index contributed by atoms with van der Waals surface area (Å²) in [5.41, 5.74) is 18.6. The fourth-order valence-corrected chi connectivity index (χ4v) is 10.5. The summed E-state index contributed by atoms with van der Waals surface area (Å²) < 4.78 is 14.3. The van der Waals surface area contributed by atoms with Gasteiger partial charge in [0.2, 0.25) is 0 Å². The molecule has 0 amide bonds. The van der Waals surface area contributed by atoms with E-state index in [2.05, 4.69) is 205 Å². The highest BCUT2D eigenvalue weighted by molar-refractivity contribution is 7.03. The van der Waals surface area contributed by atoms with E-state index in [4.69, 9.17) is 9.47 Å². The summed E-state index contributed by atoms with van der Waals surface area (Å²) >= 11 is 0. The summed E-state index contributed by atoms with van der Waals surface area (Å²) in [6.45, 7) is 6.73. The van der Waals surface area contributed by atoms with Gasteiger partial charge in [-0.15, -0.1) is 0 Å². The molecule has 8 aromatic carbocycles. The largest absolute Gasteiger partial charge is 0.458 e. The first kappa shape index (κ1) is 32.9. The third-order valence-electron chi connectivity index (χ3n) is 13.0. The van der Waals surface area contributed by atoms with Gasteiger partial charge in [-0.1, -0.05) is 99.6 Å². The zero-order chi connectivity index (χ0) is 39.1. The molecule has 7 heteroatoms. The molecule has 0 unspecified atom stereocenters. The first-order valence-electron chi connectivity index (χ1n) is 20.6. The summed E-state index contributed by atoms with van der Waals surface area (Å²) in [6.07, 6.45) is 0. The van der Waals surface area contributed by atoms with Crippen molar-refractivity contribution < 1.29 is 9.47 Å². The van der Waals surface area contributed by atoms with E-state index in [1.807, 2.05) is 0 Å². The Balaban J connectivity index is 1.23. The molecule has 5 aliphatic heterocycles. The molecule has 0 aliphatic carbocycles. The van der Waals surface area contributed by atoms with E-state index in [0.717, 1.165) is 73.5 Å². The lowest BCUT2D eigenvalue weighted by Gasteiger charge is -2.47. The van der Waals surface area contributed by atoms with Gasteiger partial charge in [0.05, 0.1) is 0 Å². The lowest BCUT2D eigenvalue weighted by Crippen LogP contribution is -2.65. The Labute approximate surface area is 344 Å². The van der Waals surface area contributed by atoms with Crippen molar-refractivity contribution in [2.24, 2.45) is 0 Å². The SMILES string of the molecule is CC(C)(C)c1cc2c3c(c1)N(c1ccccc1)c1cccc4c1B3c1cc3c(cc1N2c1ccccc1)N(c1ccccc1)c1cccc2c1B3c1c(cccc1O4)O2. The van der Waals surface area contributed by atoms with Crippen LogP contribution in [0, 0.1) is 0 Å². The molecule has 0 aromatic heterocycles. The Morgan fingerprint density at radius 3 is 1.20 bits per heavy atom. The number of para-hydroxylation sites is 3. The Bertz CT molecular complexity index is 3080. The molecule has 0 atom stereocenters. The molecule has 2 bridgehead atoms. The van der Waals surface area contributed by atoms with Crippen molar-refractivity contribution in [2.75, 3.05) is 14.7 Å². The maximum Gasteiger partial charge on any atom is 0.261 e. The quantitative estimate of drug-likeness (QED) is 0.168. The van der Waals surface area contributed by atoms with Gasteiger partial charge < -0.3 is 24.2 Å². The van der Waals surface area contributed by atoms with Gasteiger partial charge in [-0.3, -0.25) is 0 Å². The van der Waals surface area contributed by atoms with Crippen LogP contribution in [-0.2, 0) is 5.41 Å². The third kappa shape index (κ3) is 4.47. The second kappa shape index (κ2) is 11.7. The van der Waals surface area contributed by atoms with Crippen LogP contribution in [0.15, 0.2) is 170 Å². The summed E-state index contributed by atoms with van der Waals surface area (Å²) in [4.78, 5) is 7.45. The number of nitrogens with zero attached hydrogens (tertiary/aromatic N) is 3. The molecule has 0 spiro atoms. The van der Waals surface area contributed by atoms with E-state index >= 15 is 0 Å². The van der Waals surface area contributed by atoms with Crippen LogP contribution in [0.25, 0.3) is 0 Å².